The minimum absolute atomic E-state index is 0.0652. The fourth-order valence-corrected chi connectivity index (χ4v) is 1.89. The third kappa shape index (κ3) is 5.13. The van der Waals surface area contributed by atoms with Crippen molar-refractivity contribution < 1.29 is 23.8 Å². The molecule has 1 N–H and O–H groups in total. The second kappa shape index (κ2) is 7.56. The van der Waals surface area contributed by atoms with Crippen molar-refractivity contribution in [3.63, 3.8) is 0 Å². The third-order valence-corrected chi connectivity index (χ3v) is 3.11. The number of ether oxygens (including phenoxy) is 2. The van der Waals surface area contributed by atoms with Gasteiger partial charge in [0, 0.05) is 5.56 Å². The van der Waals surface area contributed by atoms with Crippen LogP contribution in [0.4, 0.5) is 4.39 Å². The molecule has 0 unspecified atom stereocenters. The molecule has 0 radical (unpaired) electrons. The van der Waals surface area contributed by atoms with Crippen LogP contribution in [0.2, 0.25) is 0 Å². The van der Waals surface area contributed by atoms with Crippen molar-refractivity contribution in [1.29, 1.82) is 0 Å². The van der Waals surface area contributed by atoms with Gasteiger partial charge in [-0.25, -0.2) is 9.18 Å². The Balaban J connectivity index is 3.04. The zero-order chi connectivity index (χ0) is 16.0. The molecule has 21 heavy (non-hydrogen) atoms. The van der Waals surface area contributed by atoms with Crippen molar-refractivity contribution in [2.75, 3.05) is 11.9 Å². The predicted molar refractivity (Wildman–Crippen MR) is 80.8 cm³/mol. The van der Waals surface area contributed by atoms with Crippen LogP contribution in [0.3, 0.4) is 0 Å². The molecule has 0 aliphatic heterocycles. The highest BCUT2D eigenvalue weighted by atomic mass is 79.9. The number of hydrogen-bond acceptors (Lipinski definition) is 4. The first-order valence-electron chi connectivity index (χ1n) is 6.42. The van der Waals surface area contributed by atoms with E-state index < -0.39 is 17.4 Å². The van der Waals surface area contributed by atoms with Gasteiger partial charge in [0.05, 0.1) is 23.6 Å². The van der Waals surface area contributed by atoms with E-state index in [0.29, 0.717) is 0 Å². The summed E-state index contributed by atoms with van der Waals surface area (Å²) in [5.41, 5.74) is -1.21. The van der Waals surface area contributed by atoms with Gasteiger partial charge in [-0.1, -0.05) is 28.1 Å². The molecule has 0 atom stereocenters. The molecule has 0 spiro atoms. The van der Waals surface area contributed by atoms with E-state index in [4.69, 9.17) is 9.47 Å². The van der Waals surface area contributed by atoms with E-state index in [9.17, 15) is 14.3 Å². The van der Waals surface area contributed by atoms with Gasteiger partial charge in [0.15, 0.2) is 11.6 Å². The Bertz CT molecular complexity index is 535. The molecular formula is C15H18BrFO4. The molecule has 1 rings (SSSR count). The molecule has 0 bridgehead atoms. The first-order valence-corrected chi connectivity index (χ1v) is 7.54. The van der Waals surface area contributed by atoms with Crippen LogP contribution in [0, 0.1) is 5.82 Å². The van der Waals surface area contributed by atoms with E-state index in [1.165, 1.54) is 26.0 Å². The highest BCUT2D eigenvalue weighted by Gasteiger charge is 2.23. The number of esters is 1. The number of rotatable bonds is 6. The summed E-state index contributed by atoms with van der Waals surface area (Å²) in [6.45, 7) is 4.89. The highest BCUT2D eigenvalue weighted by molar-refractivity contribution is 9.09. The monoisotopic (exact) mass is 360 g/mol. The zero-order valence-corrected chi connectivity index (χ0v) is 13.7. The van der Waals surface area contributed by atoms with Crippen LogP contribution in [0.25, 0.3) is 0 Å². The average molecular weight is 361 g/mol. The summed E-state index contributed by atoms with van der Waals surface area (Å²) in [7, 11) is 0. The zero-order valence-electron chi connectivity index (χ0n) is 12.2. The smallest absolute Gasteiger partial charge is 0.334 e. The average Bonchev–Trinajstić information content (AvgIpc) is 2.39. The van der Waals surface area contributed by atoms with Gasteiger partial charge in [0.25, 0.3) is 0 Å². The summed E-state index contributed by atoms with van der Waals surface area (Å²) in [6.07, 6.45) is 1.15. The molecule has 0 aromatic heterocycles. The summed E-state index contributed by atoms with van der Waals surface area (Å²) in [6, 6.07) is 4.47. The molecular weight excluding hydrogens is 343 g/mol. The van der Waals surface area contributed by atoms with E-state index in [1.54, 1.807) is 13.0 Å². The molecule has 0 aliphatic rings. The molecule has 0 saturated heterocycles. The maximum atomic E-state index is 14.3. The molecule has 1 aromatic rings. The number of aliphatic hydroxyl groups is 1. The molecule has 0 heterocycles. The van der Waals surface area contributed by atoms with Crippen molar-refractivity contribution in [3.05, 3.63) is 41.4 Å². The first-order chi connectivity index (χ1) is 9.79. The summed E-state index contributed by atoms with van der Waals surface area (Å²) in [5.74, 6) is -1.09. The van der Waals surface area contributed by atoms with E-state index in [1.807, 2.05) is 0 Å². The van der Waals surface area contributed by atoms with Gasteiger partial charge in [0.1, 0.15) is 5.76 Å². The lowest BCUT2D eigenvalue weighted by molar-refractivity contribution is -0.137. The van der Waals surface area contributed by atoms with Crippen LogP contribution in [0.5, 0.6) is 5.75 Å². The normalized spacial score (nSPS) is 12.2. The molecule has 116 valence electrons. The molecule has 4 nitrogen and oxygen atoms in total. The number of allylic oxidation sites excluding steroid dienone is 1. The lowest BCUT2D eigenvalue weighted by Crippen LogP contribution is -2.18. The Labute approximate surface area is 131 Å². The van der Waals surface area contributed by atoms with Crippen LogP contribution in [-0.4, -0.2) is 23.0 Å². The van der Waals surface area contributed by atoms with Crippen LogP contribution in [0.1, 0.15) is 26.3 Å². The number of hydrogen-bond donors (Lipinski definition) is 1. The minimum atomic E-state index is -1.33. The van der Waals surface area contributed by atoms with E-state index in [2.05, 4.69) is 15.9 Å². The number of alkyl halides is 1. The second-order valence-corrected chi connectivity index (χ2v) is 5.34. The third-order valence-electron chi connectivity index (χ3n) is 2.56. The molecule has 0 fully saturated rings. The van der Waals surface area contributed by atoms with Gasteiger partial charge in [-0.15, -0.1) is 0 Å². The molecule has 0 amide bonds. The minimum Gasteiger partial charge on any atom is -0.463 e. The van der Waals surface area contributed by atoms with Gasteiger partial charge in [-0.05, 0) is 26.8 Å². The first kappa shape index (κ1) is 17.7. The van der Waals surface area contributed by atoms with Gasteiger partial charge in [-0.2, -0.15) is 0 Å². The topological polar surface area (TPSA) is 55.8 Å². The molecule has 1 aromatic carbocycles. The predicted octanol–water partition coefficient (Wildman–Crippen LogP) is 3.27. The lowest BCUT2D eigenvalue weighted by atomic mass is 9.97. The van der Waals surface area contributed by atoms with Crippen molar-refractivity contribution in [1.82, 2.24) is 0 Å². The fraction of sp³-hybridized carbons (Fsp3) is 0.400. The maximum absolute atomic E-state index is 14.3. The summed E-state index contributed by atoms with van der Waals surface area (Å²) in [4.78, 5) is 11.4. The number of carbonyl (C=O) groups excluding carboxylic acids is 1. The number of carbonyl (C=O) groups is 1. The summed E-state index contributed by atoms with van der Waals surface area (Å²) in [5, 5.41) is 10.1. The Kier molecular flexibility index (Phi) is 6.36. The SMILES string of the molecule is CCOC(=O)/C=C(/CBr)Oc1cccc(C(C)(C)O)c1F. The molecule has 6 heteroatoms. The van der Waals surface area contributed by atoms with Crippen molar-refractivity contribution in [3.8, 4) is 5.75 Å². The van der Waals surface area contributed by atoms with Crippen molar-refractivity contribution in [2.24, 2.45) is 0 Å². The lowest BCUT2D eigenvalue weighted by Gasteiger charge is -2.20. The summed E-state index contributed by atoms with van der Waals surface area (Å²) >= 11 is 3.16. The Hall–Kier alpha value is -1.40. The van der Waals surface area contributed by atoms with E-state index >= 15 is 0 Å². The quantitative estimate of drug-likeness (QED) is 0.366. The van der Waals surface area contributed by atoms with Crippen molar-refractivity contribution >= 4 is 21.9 Å². The molecule has 0 aliphatic carbocycles. The van der Waals surface area contributed by atoms with Gasteiger partial charge < -0.3 is 14.6 Å². The van der Waals surface area contributed by atoms with Gasteiger partial charge >= 0.3 is 5.97 Å². The van der Waals surface area contributed by atoms with Crippen molar-refractivity contribution in [2.45, 2.75) is 26.4 Å². The van der Waals surface area contributed by atoms with Crippen LogP contribution < -0.4 is 4.74 Å². The van der Waals surface area contributed by atoms with E-state index in [0.717, 1.165) is 6.08 Å². The van der Waals surface area contributed by atoms with Crippen LogP contribution in [0.15, 0.2) is 30.0 Å². The van der Waals surface area contributed by atoms with Crippen LogP contribution >= 0.6 is 15.9 Å². The number of benzene rings is 1. The second-order valence-electron chi connectivity index (χ2n) is 4.78. The highest BCUT2D eigenvalue weighted by Crippen LogP contribution is 2.29. The number of halogens is 2. The van der Waals surface area contributed by atoms with Crippen LogP contribution in [-0.2, 0) is 15.1 Å². The van der Waals surface area contributed by atoms with E-state index in [-0.39, 0.29) is 29.0 Å². The van der Waals surface area contributed by atoms with Gasteiger partial charge in [0.2, 0.25) is 0 Å². The standard InChI is InChI=1S/C15H18BrFO4/c1-4-20-13(18)8-10(9-16)21-12-7-5-6-11(14(12)17)15(2,3)19/h5-8,19H,4,9H2,1-3H3/b10-8-. The largest absolute Gasteiger partial charge is 0.463 e. The Morgan fingerprint density at radius 3 is 2.67 bits per heavy atom. The Morgan fingerprint density at radius 1 is 1.48 bits per heavy atom. The Morgan fingerprint density at radius 2 is 2.14 bits per heavy atom. The summed E-state index contributed by atoms with van der Waals surface area (Å²) < 4.78 is 24.5. The maximum Gasteiger partial charge on any atom is 0.334 e. The fourth-order valence-electron chi connectivity index (χ4n) is 1.61. The molecule has 0 saturated carbocycles. The van der Waals surface area contributed by atoms with Gasteiger partial charge in [-0.3, -0.25) is 0 Å².